The summed E-state index contributed by atoms with van der Waals surface area (Å²) in [5.41, 5.74) is 1.00. The van der Waals surface area contributed by atoms with Crippen LogP contribution < -0.4 is 5.32 Å². The summed E-state index contributed by atoms with van der Waals surface area (Å²) in [6.07, 6.45) is 2.55. The number of hydrogen-bond donors (Lipinski definition) is 2. The molecule has 0 aliphatic carbocycles. The number of rotatable bonds is 5. The molecule has 2 aromatic rings. The summed E-state index contributed by atoms with van der Waals surface area (Å²) in [6.45, 7) is 4.07. The number of hydrogen-bond acceptors (Lipinski definition) is 4. The first kappa shape index (κ1) is 13.8. The second-order valence-corrected chi connectivity index (χ2v) is 5.35. The van der Waals surface area contributed by atoms with Crippen molar-refractivity contribution >= 4 is 22.7 Å². The molecule has 110 valence electrons. The number of carbonyl (C=O) groups is 1. The minimum absolute atomic E-state index is 0.296. The van der Waals surface area contributed by atoms with Gasteiger partial charge in [-0.15, -0.1) is 0 Å². The molecule has 1 aliphatic heterocycles. The first-order valence-corrected chi connectivity index (χ1v) is 7.33. The van der Waals surface area contributed by atoms with Gasteiger partial charge < -0.3 is 15.3 Å². The van der Waals surface area contributed by atoms with Crippen molar-refractivity contribution in [2.45, 2.75) is 12.8 Å². The van der Waals surface area contributed by atoms with E-state index in [4.69, 9.17) is 0 Å². The second-order valence-electron chi connectivity index (χ2n) is 5.35. The maximum absolute atomic E-state index is 11.4. The lowest BCUT2D eigenvalue weighted by Gasteiger charge is -2.15. The fourth-order valence-electron chi connectivity index (χ4n) is 2.79. The Bertz CT molecular complexity index is 651. The number of carboxylic acids is 1. The van der Waals surface area contributed by atoms with Gasteiger partial charge in [0.25, 0.3) is 0 Å². The molecular formula is C16H19N3O2. The third kappa shape index (κ3) is 3.13. The maximum Gasteiger partial charge on any atom is 0.336 e. The molecule has 1 aromatic carbocycles. The molecule has 1 aromatic heterocycles. The molecule has 1 fully saturated rings. The zero-order valence-electron chi connectivity index (χ0n) is 11.9. The number of nitrogens with one attached hydrogen (secondary N) is 1. The molecule has 2 N–H and O–H groups in total. The summed E-state index contributed by atoms with van der Waals surface area (Å²) in [6, 6.07) is 8.95. The maximum atomic E-state index is 11.4. The molecule has 5 heteroatoms. The Hall–Kier alpha value is -2.14. The number of benzene rings is 1. The number of para-hydroxylation sites is 1. The topological polar surface area (TPSA) is 65.5 Å². The number of carboxylic acid groups (broad SMARTS) is 1. The number of anilines is 1. The Labute approximate surface area is 123 Å². The fourth-order valence-corrected chi connectivity index (χ4v) is 2.79. The predicted octanol–water partition coefficient (Wildman–Crippen LogP) is 2.44. The minimum Gasteiger partial charge on any atom is -0.478 e. The summed E-state index contributed by atoms with van der Waals surface area (Å²) in [7, 11) is 0. The molecule has 5 nitrogen and oxygen atoms in total. The van der Waals surface area contributed by atoms with Gasteiger partial charge in [0, 0.05) is 18.5 Å². The molecule has 0 saturated carbocycles. The summed E-state index contributed by atoms with van der Waals surface area (Å²) in [5, 5.41) is 13.3. The second kappa shape index (κ2) is 6.10. The van der Waals surface area contributed by atoms with Crippen LogP contribution in [0.15, 0.2) is 30.3 Å². The highest BCUT2D eigenvalue weighted by molar-refractivity contribution is 6.03. The Morgan fingerprint density at radius 3 is 2.81 bits per heavy atom. The first-order valence-electron chi connectivity index (χ1n) is 7.33. The summed E-state index contributed by atoms with van der Waals surface area (Å²) in [4.78, 5) is 18.3. The normalized spacial score (nSPS) is 15.4. The minimum atomic E-state index is -0.920. The summed E-state index contributed by atoms with van der Waals surface area (Å²) in [5.74, 6) is -0.290. The van der Waals surface area contributed by atoms with E-state index in [1.807, 2.05) is 18.2 Å². The lowest BCUT2D eigenvalue weighted by atomic mass is 10.1. The van der Waals surface area contributed by atoms with E-state index in [-0.39, 0.29) is 0 Å². The van der Waals surface area contributed by atoms with Crippen LogP contribution in [-0.2, 0) is 0 Å². The molecule has 1 saturated heterocycles. The highest BCUT2D eigenvalue weighted by Crippen LogP contribution is 2.20. The third-order valence-electron chi connectivity index (χ3n) is 3.88. The van der Waals surface area contributed by atoms with E-state index in [0.717, 1.165) is 26.2 Å². The van der Waals surface area contributed by atoms with Gasteiger partial charge in [0.1, 0.15) is 5.82 Å². The van der Waals surface area contributed by atoms with Gasteiger partial charge in [0.2, 0.25) is 0 Å². The SMILES string of the molecule is O=C(O)c1cc(NCCN2CCCC2)nc2ccccc12. The van der Waals surface area contributed by atoms with Crippen LogP contribution in [0.2, 0.25) is 0 Å². The van der Waals surface area contributed by atoms with Crippen molar-refractivity contribution in [3.63, 3.8) is 0 Å². The van der Waals surface area contributed by atoms with Crippen molar-refractivity contribution in [3.05, 3.63) is 35.9 Å². The number of nitrogens with zero attached hydrogens (tertiary/aromatic N) is 2. The summed E-state index contributed by atoms with van der Waals surface area (Å²) < 4.78 is 0. The van der Waals surface area contributed by atoms with Gasteiger partial charge in [0.05, 0.1) is 11.1 Å². The van der Waals surface area contributed by atoms with E-state index in [9.17, 15) is 9.90 Å². The molecule has 0 radical (unpaired) electrons. The number of likely N-dealkylation sites (tertiary alicyclic amines) is 1. The average molecular weight is 285 g/mol. The quantitative estimate of drug-likeness (QED) is 0.883. The van der Waals surface area contributed by atoms with E-state index in [1.165, 1.54) is 12.8 Å². The molecule has 0 unspecified atom stereocenters. The standard InChI is InChI=1S/C16H19N3O2/c20-16(21)13-11-15(17-7-10-19-8-3-4-9-19)18-14-6-2-1-5-12(13)14/h1-2,5-6,11H,3-4,7-10H2,(H,17,18)(H,20,21). The van der Waals surface area contributed by atoms with Gasteiger partial charge in [0.15, 0.2) is 0 Å². The molecule has 2 heterocycles. The Morgan fingerprint density at radius 1 is 1.29 bits per heavy atom. The molecule has 0 atom stereocenters. The van der Waals surface area contributed by atoms with Crippen molar-refractivity contribution in [3.8, 4) is 0 Å². The summed E-state index contributed by atoms with van der Waals surface area (Å²) >= 11 is 0. The van der Waals surface area contributed by atoms with Gasteiger partial charge in [-0.2, -0.15) is 0 Å². The van der Waals surface area contributed by atoms with E-state index in [2.05, 4.69) is 15.2 Å². The van der Waals surface area contributed by atoms with Gasteiger partial charge in [-0.25, -0.2) is 9.78 Å². The molecule has 1 aliphatic rings. The Balaban J connectivity index is 1.76. The molecule has 21 heavy (non-hydrogen) atoms. The molecule has 0 spiro atoms. The van der Waals surface area contributed by atoms with Crippen LogP contribution in [0, 0.1) is 0 Å². The molecular weight excluding hydrogens is 266 g/mol. The van der Waals surface area contributed by atoms with Gasteiger partial charge >= 0.3 is 5.97 Å². The van der Waals surface area contributed by atoms with E-state index in [1.54, 1.807) is 12.1 Å². The van der Waals surface area contributed by atoms with Crippen LogP contribution in [0.25, 0.3) is 10.9 Å². The van der Waals surface area contributed by atoms with Crippen LogP contribution in [0.5, 0.6) is 0 Å². The van der Waals surface area contributed by atoms with Crippen molar-refractivity contribution in [2.75, 3.05) is 31.5 Å². The average Bonchev–Trinajstić information content (AvgIpc) is 2.99. The first-order chi connectivity index (χ1) is 10.2. The molecule has 0 bridgehead atoms. The number of aromatic carboxylic acids is 1. The fraction of sp³-hybridized carbons (Fsp3) is 0.375. The van der Waals surface area contributed by atoms with Crippen molar-refractivity contribution in [2.24, 2.45) is 0 Å². The molecule has 3 rings (SSSR count). The van der Waals surface area contributed by atoms with Crippen LogP contribution in [0.3, 0.4) is 0 Å². The van der Waals surface area contributed by atoms with E-state index >= 15 is 0 Å². The van der Waals surface area contributed by atoms with Crippen LogP contribution in [-0.4, -0.2) is 47.1 Å². The van der Waals surface area contributed by atoms with Crippen molar-refractivity contribution in [1.29, 1.82) is 0 Å². The largest absolute Gasteiger partial charge is 0.478 e. The monoisotopic (exact) mass is 285 g/mol. The predicted molar refractivity (Wildman–Crippen MR) is 82.9 cm³/mol. The van der Waals surface area contributed by atoms with Crippen molar-refractivity contribution in [1.82, 2.24) is 9.88 Å². The Kier molecular flexibility index (Phi) is 4.01. The van der Waals surface area contributed by atoms with Gasteiger partial charge in [-0.05, 0) is 38.1 Å². The van der Waals surface area contributed by atoms with Crippen molar-refractivity contribution < 1.29 is 9.90 Å². The highest BCUT2D eigenvalue weighted by Gasteiger charge is 2.13. The van der Waals surface area contributed by atoms with Gasteiger partial charge in [-0.3, -0.25) is 0 Å². The highest BCUT2D eigenvalue weighted by atomic mass is 16.4. The van der Waals surface area contributed by atoms with Crippen LogP contribution in [0.1, 0.15) is 23.2 Å². The van der Waals surface area contributed by atoms with Crippen LogP contribution >= 0.6 is 0 Å². The number of fused-ring (bicyclic) bond motifs is 1. The van der Waals surface area contributed by atoms with Gasteiger partial charge in [-0.1, -0.05) is 18.2 Å². The lowest BCUT2D eigenvalue weighted by Crippen LogP contribution is -2.26. The zero-order chi connectivity index (χ0) is 14.7. The Morgan fingerprint density at radius 2 is 2.05 bits per heavy atom. The van der Waals surface area contributed by atoms with E-state index in [0.29, 0.717) is 22.3 Å². The smallest absolute Gasteiger partial charge is 0.336 e. The lowest BCUT2D eigenvalue weighted by molar-refractivity contribution is 0.0699. The third-order valence-corrected chi connectivity index (χ3v) is 3.88. The zero-order valence-corrected chi connectivity index (χ0v) is 11.9. The molecule has 0 amide bonds. The number of aromatic nitrogens is 1. The number of pyridine rings is 1. The van der Waals surface area contributed by atoms with Crippen LogP contribution in [0.4, 0.5) is 5.82 Å². The van der Waals surface area contributed by atoms with E-state index < -0.39 is 5.97 Å².